The van der Waals surface area contributed by atoms with Crippen molar-refractivity contribution in [1.29, 1.82) is 0 Å². The molecule has 4 aromatic rings. The molecule has 0 unspecified atom stereocenters. The number of amides is 3. The third-order valence-electron chi connectivity index (χ3n) is 6.68. The molecular weight excluding hydrogens is 475 g/mol. The van der Waals surface area contributed by atoms with Gasteiger partial charge in [-0.1, -0.05) is 42.5 Å². The molecule has 37 heavy (non-hydrogen) atoms. The van der Waals surface area contributed by atoms with Crippen molar-refractivity contribution in [2.45, 2.75) is 32.0 Å². The lowest BCUT2D eigenvalue weighted by Gasteiger charge is -2.23. The summed E-state index contributed by atoms with van der Waals surface area (Å²) in [5.74, 6) is -0.640. The van der Waals surface area contributed by atoms with Gasteiger partial charge in [-0.2, -0.15) is 10.2 Å². The minimum absolute atomic E-state index is 0.152. The van der Waals surface area contributed by atoms with Gasteiger partial charge in [-0.25, -0.2) is 18.7 Å². The van der Waals surface area contributed by atoms with E-state index in [1.165, 1.54) is 5.06 Å². The fourth-order valence-electron chi connectivity index (χ4n) is 4.48. The molecule has 2 N–H and O–H groups in total. The number of aromatic nitrogens is 3. The van der Waals surface area contributed by atoms with Gasteiger partial charge in [0.1, 0.15) is 6.17 Å². The van der Waals surface area contributed by atoms with Gasteiger partial charge in [0, 0.05) is 17.7 Å². The maximum atomic E-state index is 13.2. The maximum absolute atomic E-state index is 13.2. The number of carbonyl (C=O) groups excluding carboxylic acids is 2. The lowest BCUT2D eigenvalue weighted by Crippen LogP contribution is -2.33. The summed E-state index contributed by atoms with van der Waals surface area (Å²) >= 11 is 0. The molecule has 10 heteroatoms. The summed E-state index contributed by atoms with van der Waals surface area (Å²) < 4.78 is 14.7. The third-order valence-corrected chi connectivity index (χ3v) is 6.68. The highest BCUT2D eigenvalue weighted by Gasteiger charge is 2.43. The lowest BCUT2D eigenvalue weighted by atomic mass is 10.0. The summed E-state index contributed by atoms with van der Waals surface area (Å²) in [5.41, 5.74) is 4.57. The molecule has 2 fully saturated rings. The number of nitrogens with zero attached hydrogens (tertiary/aromatic N) is 4. The van der Waals surface area contributed by atoms with E-state index >= 15 is 0 Å². The molecule has 1 aliphatic carbocycles. The number of alkyl halides is 1. The predicted octanol–water partition coefficient (Wildman–Crippen LogP) is 4.91. The standard InChI is InChI=1S/C27H25FN6O3/c1-16-7-8-18(13-22(16)29-27(36)34-23(11-12-37-34)17-5-3-2-4-6-17)21-9-10-25-30-24(15-33(25)32-21)31-26(35)19-14-20(19)28/h2-10,13,15,19-20,23H,11-12,14H2,1H3,(H,29,36)(H,31,35)/t19-,20+,23-/m0/s1. The number of urea groups is 1. The van der Waals surface area contributed by atoms with Gasteiger partial charge in [-0.05, 0) is 42.7 Å². The molecule has 0 bridgehead atoms. The van der Waals surface area contributed by atoms with Gasteiger partial charge < -0.3 is 10.6 Å². The second-order valence-electron chi connectivity index (χ2n) is 9.33. The minimum atomic E-state index is -1.07. The van der Waals surface area contributed by atoms with E-state index in [0.29, 0.717) is 29.5 Å². The van der Waals surface area contributed by atoms with Crippen LogP contribution < -0.4 is 10.6 Å². The molecule has 1 saturated heterocycles. The number of fused-ring (bicyclic) bond motifs is 1. The fourth-order valence-corrected chi connectivity index (χ4v) is 4.48. The number of benzene rings is 2. The molecule has 1 saturated carbocycles. The van der Waals surface area contributed by atoms with Crippen molar-refractivity contribution in [2.24, 2.45) is 5.92 Å². The van der Waals surface area contributed by atoms with Crippen LogP contribution in [0.4, 0.5) is 20.7 Å². The Kier molecular flexibility index (Phi) is 5.80. The zero-order valence-electron chi connectivity index (χ0n) is 20.1. The van der Waals surface area contributed by atoms with E-state index in [9.17, 15) is 14.0 Å². The number of hydrogen-bond acceptors (Lipinski definition) is 5. The normalized spacial score (nSPS) is 20.7. The third kappa shape index (κ3) is 4.63. The van der Waals surface area contributed by atoms with Gasteiger partial charge in [-0.3, -0.25) is 9.63 Å². The van der Waals surface area contributed by atoms with Crippen LogP contribution in [0.1, 0.15) is 30.0 Å². The predicted molar refractivity (Wildman–Crippen MR) is 135 cm³/mol. The smallest absolute Gasteiger partial charge is 0.309 e. The van der Waals surface area contributed by atoms with Crippen molar-refractivity contribution in [3.05, 3.63) is 78.0 Å². The molecule has 1 aliphatic heterocycles. The Morgan fingerprint density at radius 3 is 2.68 bits per heavy atom. The van der Waals surface area contributed by atoms with E-state index in [2.05, 4.69) is 20.7 Å². The number of aryl methyl sites for hydroxylation is 1. The zero-order chi connectivity index (χ0) is 25.5. The monoisotopic (exact) mass is 500 g/mol. The number of hydroxylamine groups is 2. The van der Waals surface area contributed by atoms with Crippen LogP contribution in [0.3, 0.4) is 0 Å². The van der Waals surface area contributed by atoms with Gasteiger partial charge in [0.2, 0.25) is 5.91 Å². The topological polar surface area (TPSA) is 101 Å². The Morgan fingerprint density at radius 1 is 1.08 bits per heavy atom. The first kappa shape index (κ1) is 23.1. The van der Waals surface area contributed by atoms with Crippen LogP contribution in [-0.2, 0) is 9.63 Å². The number of rotatable bonds is 5. The van der Waals surface area contributed by atoms with E-state index in [1.807, 2.05) is 61.5 Å². The highest BCUT2D eigenvalue weighted by Crippen LogP contribution is 2.35. The van der Waals surface area contributed by atoms with Crippen LogP contribution in [0.5, 0.6) is 0 Å². The molecule has 2 aromatic heterocycles. The van der Waals surface area contributed by atoms with Crippen molar-refractivity contribution in [3.8, 4) is 11.3 Å². The molecule has 2 aliphatic rings. The van der Waals surface area contributed by atoms with E-state index in [1.54, 1.807) is 16.8 Å². The number of hydrogen-bond donors (Lipinski definition) is 2. The van der Waals surface area contributed by atoms with Crippen molar-refractivity contribution in [1.82, 2.24) is 19.7 Å². The van der Waals surface area contributed by atoms with Crippen molar-refractivity contribution in [2.75, 3.05) is 17.2 Å². The summed E-state index contributed by atoms with van der Waals surface area (Å²) in [5, 5.41) is 11.6. The molecule has 3 atom stereocenters. The highest BCUT2D eigenvalue weighted by atomic mass is 19.1. The first-order chi connectivity index (χ1) is 18.0. The van der Waals surface area contributed by atoms with Crippen LogP contribution in [0.25, 0.3) is 16.9 Å². The van der Waals surface area contributed by atoms with E-state index < -0.39 is 12.1 Å². The maximum Gasteiger partial charge on any atom is 0.346 e. The van der Waals surface area contributed by atoms with Gasteiger partial charge in [-0.15, -0.1) is 0 Å². The summed E-state index contributed by atoms with van der Waals surface area (Å²) in [7, 11) is 0. The van der Waals surface area contributed by atoms with Gasteiger partial charge >= 0.3 is 6.03 Å². The molecule has 2 aromatic carbocycles. The molecule has 3 heterocycles. The first-order valence-electron chi connectivity index (χ1n) is 12.2. The number of halogens is 1. The Balaban J connectivity index is 1.21. The molecule has 6 rings (SSSR count). The van der Waals surface area contributed by atoms with E-state index in [-0.39, 0.29) is 24.4 Å². The average molecular weight is 501 g/mol. The second kappa shape index (κ2) is 9.29. The summed E-state index contributed by atoms with van der Waals surface area (Å²) in [6.07, 6.45) is 1.50. The van der Waals surface area contributed by atoms with Crippen LogP contribution in [-0.4, -0.2) is 44.4 Å². The first-order valence-corrected chi connectivity index (χ1v) is 12.2. The number of nitrogens with one attached hydrogen (secondary N) is 2. The summed E-state index contributed by atoms with van der Waals surface area (Å²) in [6, 6.07) is 18.6. The number of carbonyl (C=O) groups is 2. The van der Waals surface area contributed by atoms with Gasteiger partial charge in [0.25, 0.3) is 0 Å². The van der Waals surface area contributed by atoms with Crippen molar-refractivity contribution in [3.63, 3.8) is 0 Å². The number of anilines is 2. The van der Waals surface area contributed by atoms with Crippen molar-refractivity contribution >= 4 is 29.1 Å². The Morgan fingerprint density at radius 2 is 1.89 bits per heavy atom. The fraction of sp³-hybridized carbons (Fsp3) is 0.259. The van der Waals surface area contributed by atoms with Crippen LogP contribution >= 0.6 is 0 Å². The lowest BCUT2D eigenvalue weighted by molar-refractivity contribution is -0.117. The van der Waals surface area contributed by atoms with E-state index in [4.69, 9.17) is 4.84 Å². The Labute approximate surface area is 212 Å². The molecule has 0 spiro atoms. The quantitative estimate of drug-likeness (QED) is 0.406. The van der Waals surface area contributed by atoms with Crippen molar-refractivity contribution < 1.29 is 18.8 Å². The van der Waals surface area contributed by atoms with E-state index in [0.717, 1.165) is 23.1 Å². The second-order valence-corrected chi connectivity index (χ2v) is 9.33. The largest absolute Gasteiger partial charge is 0.346 e. The summed E-state index contributed by atoms with van der Waals surface area (Å²) in [4.78, 5) is 35.2. The van der Waals surface area contributed by atoms with Gasteiger partial charge in [0.15, 0.2) is 11.5 Å². The highest BCUT2D eigenvalue weighted by molar-refractivity contribution is 5.94. The molecule has 188 valence electrons. The Hall–Kier alpha value is -4.31. The molecule has 3 amide bonds. The van der Waals surface area contributed by atoms with Crippen LogP contribution in [0.15, 0.2) is 66.9 Å². The average Bonchev–Trinajstić information content (AvgIpc) is 3.28. The van der Waals surface area contributed by atoms with Crippen LogP contribution in [0.2, 0.25) is 0 Å². The SMILES string of the molecule is Cc1ccc(-c2ccc3nc(NC(=O)[C@H]4C[C@H]4F)cn3n2)cc1NC(=O)N1OCC[C@H]1c1ccccc1. The minimum Gasteiger partial charge on any atom is -0.309 e. The summed E-state index contributed by atoms with van der Waals surface area (Å²) in [6.45, 7) is 2.39. The van der Waals surface area contributed by atoms with Gasteiger partial charge in [0.05, 0.1) is 30.5 Å². The molecular formula is C27H25FN6O3. The molecule has 0 radical (unpaired) electrons. The zero-order valence-corrected chi connectivity index (χ0v) is 20.1. The number of imidazole rings is 1. The van der Waals surface area contributed by atoms with Crippen LogP contribution in [0, 0.1) is 12.8 Å². The molecule has 9 nitrogen and oxygen atoms in total. The Bertz CT molecular complexity index is 1490.